The van der Waals surface area contributed by atoms with Crippen LogP contribution in [0.2, 0.25) is 5.02 Å². The van der Waals surface area contributed by atoms with Crippen molar-refractivity contribution in [3.8, 4) is 0 Å². The second kappa shape index (κ2) is 9.04. The zero-order valence-electron chi connectivity index (χ0n) is 15.6. The summed E-state index contributed by atoms with van der Waals surface area (Å²) in [7, 11) is 0. The molecule has 1 aliphatic rings. The summed E-state index contributed by atoms with van der Waals surface area (Å²) in [6.45, 7) is 4.19. The molecule has 3 rings (SSSR count). The van der Waals surface area contributed by atoms with Gasteiger partial charge in [-0.05, 0) is 12.0 Å². The van der Waals surface area contributed by atoms with E-state index in [0.717, 1.165) is 12.0 Å². The van der Waals surface area contributed by atoms with Gasteiger partial charge in [-0.15, -0.1) is 0 Å². The maximum Gasteiger partial charge on any atom is 0.224 e. The van der Waals surface area contributed by atoms with Gasteiger partial charge in [0.2, 0.25) is 11.8 Å². The number of hydrogen-bond donors (Lipinski definition) is 0. The molecular weight excluding hydrogens is 364 g/mol. The number of hydrogen-bond acceptors (Lipinski definition) is 3. The molecule has 1 saturated heterocycles. The van der Waals surface area contributed by atoms with Crippen molar-refractivity contribution in [1.29, 1.82) is 0 Å². The van der Waals surface area contributed by atoms with Crippen LogP contribution in [0.1, 0.15) is 31.7 Å². The lowest BCUT2D eigenvalue weighted by molar-refractivity contribution is -0.133. The number of rotatable bonds is 6. The van der Waals surface area contributed by atoms with E-state index in [1.165, 1.54) is 0 Å². The number of nitrogens with zero attached hydrogens (tertiary/aromatic N) is 4. The number of halogens is 1. The number of carbonyl (C=O) groups excluding carboxylic acids is 2. The standard InChI is InChI=1S/C20H25ClN4O2/c1-2-18-15-23(19(26)9-11-24-14-17(21)12-22-24)10-8-20(27)25(18)13-16-6-4-3-5-7-16/h3-7,12,14,18H,2,8-11,13,15H2,1H3/t18-/m1/s1. The topological polar surface area (TPSA) is 58.4 Å². The van der Waals surface area contributed by atoms with Crippen LogP contribution in [-0.4, -0.2) is 50.5 Å². The molecule has 7 heteroatoms. The SMILES string of the molecule is CC[C@@H]1CN(C(=O)CCn2cc(Cl)cn2)CCC(=O)N1Cc1ccccc1. The molecule has 144 valence electrons. The van der Waals surface area contributed by atoms with E-state index in [0.29, 0.717) is 44.0 Å². The number of carbonyl (C=O) groups is 2. The van der Waals surface area contributed by atoms with Crippen LogP contribution in [0, 0.1) is 0 Å². The van der Waals surface area contributed by atoms with Gasteiger partial charge in [0.1, 0.15) is 0 Å². The fourth-order valence-electron chi connectivity index (χ4n) is 3.42. The molecule has 0 aliphatic carbocycles. The molecule has 1 fully saturated rings. The Labute approximate surface area is 164 Å². The van der Waals surface area contributed by atoms with E-state index in [1.54, 1.807) is 17.1 Å². The summed E-state index contributed by atoms with van der Waals surface area (Å²) in [5.74, 6) is 0.161. The van der Waals surface area contributed by atoms with Crippen LogP contribution in [0.4, 0.5) is 0 Å². The molecule has 2 aromatic rings. The molecule has 1 aliphatic heterocycles. The van der Waals surface area contributed by atoms with Crippen LogP contribution in [0.3, 0.4) is 0 Å². The first-order valence-electron chi connectivity index (χ1n) is 9.36. The monoisotopic (exact) mass is 388 g/mol. The Kier molecular flexibility index (Phi) is 6.50. The van der Waals surface area contributed by atoms with Gasteiger partial charge < -0.3 is 9.80 Å². The Hall–Kier alpha value is -2.34. The molecule has 1 aromatic carbocycles. The molecule has 0 saturated carbocycles. The third-order valence-corrected chi connectivity index (χ3v) is 5.16. The van der Waals surface area contributed by atoms with Crippen LogP contribution >= 0.6 is 11.6 Å². The minimum absolute atomic E-state index is 0.0308. The zero-order valence-corrected chi connectivity index (χ0v) is 16.3. The maximum absolute atomic E-state index is 12.7. The molecule has 0 radical (unpaired) electrons. The van der Waals surface area contributed by atoms with Gasteiger partial charge in [0, 0.05) is 51.3 Å². The number of aryl methyl sites for hydroxylation is 1. The van der Waals surface area contributed by atoms with E-state index in [-0.39, 0.29) is 17.9 Å². The Morgan fingerprint density at radius 1 is 1.30 bits per heavy atom. The van der Waals surface area contributed by atoms with E-state index in [1.807, 2.05) is 40.1 Å². The van der Waals surface area contributed by atoms with Gasteiger partial charge in [-0.2, -0.15) is 5.10 Å². The number of amides is 2. The average molecular weight is 389 g/mol. The Bertz CT molecular complexity index is 777. The van der Waals surface area contributed by atoms with Gasteiger partial charge in [0.05, 0.1) is 11.2 Å². The normalized spacial score (nSPS) is 17.9. The van der Waals surface area contributed by atoms with Crippen molar-refractivity contribution in [2.75, 3.05) is 13.1 Å². The Morgan fingerprint density at radius 3 is 2.74 bits per heavy atom. The summed E-state index contributed by atoms with van der Waals surface area (Å²) in [5, 5.41) is 4.67. The quantitative estimate of drug-likeness (QED) is 0.764. The molecule has 27 heavy (non-hydrogen) atoms. The van der Waals surface area contributed by atoms with Crippen molar-refractivity contribution in [3.63, 3.8) is 0 Å². The van der Waals surface area contributed by atoms with Gasteiger partial charge in [0.15, 0.2) is 0 Å². The van der Waals surface area contributed by atoms with Crippen molar-refractivity contribution in [2.45, 2.75) is 45.3 Å². The minimum atomic E-state index is 0.0308. The van der Waals surface area contributed by atoms with E-state index in [4.69, 9.17) is 11.6 Å². The summed E-state index contributed by atoms with van der Waals surface area (Å²) in [6.07, 6.45) is 4.80. The van der Waals surface area contributed by atoms with Crippen LogP contribution < -0.4 is 0 Å². The molecular formula is C20H25ClN4O2. The lowest BCUT2D eigenvalue weighted by Crippen LogP contribution is -2.43. The van der Waals surface area contributed by atoms with E-state index >= 15 is 0 Å². The second-order valence-electron chi connectivity index (χ2n) is 6.83. The van der Waals surface area contributed by atoms with Crippen LogP contribution in [0.15, 0.2) is 42.7 Å². The van der Waals surface area contributed by atoms with Gasteiger partial charge in [-0.25, -0.2) is 0 Å². The summed E-state index contributed by atoms with van der Waals surface area (Å²) in [5.41, 5.74) is 1.11. The molecule has 0 spiro atoms. The average Bonchev–Trinajstić information content (AvgIpc) is 3.03. The van der Waals surface area contributed by atoms with Crippen molar-refractivity contribution in [2.24, 2.45) is 0 Å². The predicted octanol–water partition coefficient (Wildman–Crippen LogP) is 2.97. The van der Waals surface area contributed by atoms with Crippen molar-refractivity contribution in [1.82, 2.24) is 19.6 Å². The molecule has 1 atom stereocenters. The van der Waals surface area contributed by atoms with Crippen molar-refractivity contribution >= 4 is 23.4 Å². The maximum atomic E-state index is 12.7. The molecule has 6 nitrogen and oxygen atoms in total. The van der Waals surface area contributed by atoms with Gasteiger partial charge in [0.25, 0.3) is 0 Å². The summed E-state index contributed by atoms with van der Waals surface area (Å²) in [4.78, 5) is 29.1. The van der Waals surface area contributed by atoms with Gasteiger partial charge in [-0.3, -0.25) is 14.3 Å². The third-order valence-electron chi connectivity index (χ3n) is 4.96. The highest BCUT2D eigenvalue weighted by Gasteiger charge is 2.30. The van der Waals surface area contributed by atoms with E-state index < -0.39 is 0 Å². The molecule has 0 N–H and O–H groups in total. The summed E-state index contributed by atoms with van der Waals surface area (Å²) >= 11 is 5.86. The number of aromatic nitrogens is 2. The van der Waals surface area contributed by atoms with Crippen LogP contribution in [0.5, 0.6) is 0 Å². The van der Waals surface area contributed by atoms with E-state index in [9.17, 15) is 9.59 Å². The first-order valence-corrected chi connectivity index (χ1v) is 9.73. The Balaban J connectivity index is 1.63. The van der Waals surface area contributed by atoms with Crippen molar-refractivity contribution < 1.29 is 9.59 Å². The highest BCUT2D eigenvalue weighted by Crippen LogP contribution is 2.18. The van der Waals surface area contributed by atoms with Gasteiger partial charge >= 0.3 is 0 Å². The smallest absolute Gasteiger partial charge is 0.224 e. The minimum Gasteiger partial charge on any atom is -0.340 e. The highest BCUT2D eigenvalue weighted by molar-refractivity contribution is 6.30. The predicted molar refractivity (Wildman–Crippen MR) is 104 cm³/mol. The first-order chi connectivity index (χ1) is 13.1. The van der Waals surface area contributed by atoms with Crippen LogP contribution in [-0.2, 0) is 22.7 Å². The first kappa shape index (κ1) is 19.4. The van der Waals surface area contributed by atoms with Crippen molar-refractivity contribution in [3.05, 3.63) is 53.3 Å². The molecule has 0 bridgehead atoms. The largest absolute Gasteiger partial charge is 0.340 e. The van der Waals surface area contributed by atoms with E-state index in [2.05, 4.69) is 12.0 Å². The summed E-state index contributed by atoms with van der Waals surface area (Å²) in [6, 6.07) is 10.0. The van der Waals surface area contributed by atoms with Gasteiger partial charge in [-0.1, -0.05) is 48.9 Å². The Morgan fingerprint density at radius 2 is 2.07 bits per heavy atom. The molecule has 2 heterocycles. The molecule has 1 aromatic heterocycles. The molecule has 2 amide bonds. The van der Waals surface area contributed by atoms with Crippen LogP contribution in [0.25, 0.3) is 0 Å². The fraction of sp³-hybridized carbons (Fsp3) is 0.450. The number of benzene rings is 1. The summed E-state index contributed by atoms with van der Waals surface area (Å²) < 4.78 is 1.67. The highest BCUT2D eigenvalue weighted by atomic mass is 35.5. The second-order valence-corrected chi connectivity index (χ2v) is 7.27. The lowest BCUT2D eigenvalue weighted by Gasteiger charge is -2.31. The fourth-order valence-corrected chi connectivity index (χ4v) is 3.58. The lowest BCUT2D eigenvalue weighted by atomic mass is 10.1. The molecule has 0 unspecified atom stereocenters. The third kappa shape index (κ3) is 5.10. The zero-order chi connectivity index (χ0) is 19.2.